The van der Waals surface area contributed by atoms with Crippen molar-refractivity contribution in [3.63, 3.8) is 0 Å². The van der Waals surface area contributed by atoms with Gasteiger partial charge in [0.1, 0.15) is 0 Å². The van der Waals surface area contributed by atoms with Crippen molar-refractivity contribution < 1.29 is 19.8 Å². The second kappa shape index (κ2) is 9.43. The summed E-state index contributed by atoms with van der Waals surface area (Å²) in [4.78, 5) is 27.3. The van der Waals surface area contributed by atoms with Gasteiger partial charge in [-0.1, -0.05) is 12.1 Å². The van der Waals surface area contributed by atoms with Crippen molar-refractivity contribution in [3.05, 3.63) is 60.2 Å². The summed E-state index contributed by atoms with van der Waals surface area (Å²) in [7, 11) is 0. The van der Waals surface area contributed by atoms with Gasteiger partial charge >= 0.3 is 37.7 Å². The molecule has 0 bridgehead atoms. The number of pyridine rings is 2. The van der Waals surface area contributed by atoms with E-state index in [0.717, 1.165) is 0 Å². The third kappa shape index (κ3) is 6.85. The Morgan fingerprint density at radius 3 is 1.37 bits per heavy atom. The number of hydrogen-bond donors (Lipinski definition) is 0. The van der Waals surface area contributed by atoms with Crippen LogP contribution in [0.3, 0.4) is 0 Å². The van der Waals surface area contributed by atoms with Gasteiger partial charge in [0.05, 0.1) is 11.9 Å². The predicted octanol–water partition coefficient (Wildman–Crippen LogP) is -1.49. The summed E-state index contributed by atoms with van der Waals surface area (Å²) in [6, 6.07) is 5.96. The first-order valence-electron chi connectivity index (χ1n) is 4.84. The minimum Gasteiger partial charge on any atom is -0.545 e. The van der Waals surface area contributed by atoms with Crippen LogP contribution in [0.1, 0.15) is 20.7 Å². The van der Waals surface area contributed by atoms with E-state index in [4.69, 9.17) is 0 Å². The van der Waals surface area contributed by atoms with Crippen LogP contribution >= 0.6 is 0 Å². The molecule has 0 N–H and O–H groups in total. The van der Waals surface area contributed by atoms with Gasteiger partial charge < -0.3 is 19.8 Å². The van der Waals surface area contributed by atoms with Gasteiger partial charge in [0.25, 0.3) is 0 Å². The van der Waals surface area contributed by atoms with Crippen LogP contribution in [0.4, 0.5) is 0 Å². The number of aromatic nitrogens is 2. The van der Waals surface area contributed by atoms with Crippen molar-refractivity contribution in [1.29, 1.82) is 0 Å². The largest absolute Gasteiger partial charge is 2.00 e. The zero-order valence-electron chi connectivity index (χ0n) is 9.85. The maximum Gasteiger partial charge on any atom is 2.00 e. The van der Waals surface area contributed by atoms with Crippen molar-refractivity contribution in [2.45, 2.75) is 0 Å². The molecule has 0 aliphatic rings. The first-order chi connectivity index (χ1) is 8.61. The molecule has 2 rings (SSSR count). The van der Waals surface area contributed by atoms with Crippen molar-refractivity contribution in [2.75, 3.05) is 0 Å². The van der Waals surface area contributed by atoms with Gasteiger partial charge in [-0.05, 0) is 12.1 Å². The summed E-state index contributed by atoms with van der Waals surface area (Å²) in [6.45, 7) is 0. The van der Waals surface area contributed by atoms with Crippen molar-refractivity contribution >= 4 is 49.7 Å². The SMILES string of the molecule is O=C([O-])c1cccnc1.O=C([O-])c1cccnc1.[Ca+2]. The third-order valence-electron chi connectivity index (χ3n) is 1.79. The Bertz CT molecular complexity index is 470. The predicted molar refractivity (Wildman–Crippen MR) is 62.9 cm³/mol. The van der Waals surface area contributed by atoms with Crippen LogP contribution in [0.5, 0.6) is 0 Å². The van der Waals surface area contributed by atoms with Crippen LogP contribution in [-0.2, 0) is 0 Å². The molecule has 6 nitrogen and oxygen atoms in total. The van der Waals surface area contributed by atoms with E-state index in [1.165, 1.54) is 36.9 Å². The minimum absolute atomic E-state index is 0. The first-order valence-corrected chi connectivity index (χ1v) is 4.84. The fourth-order valence-electron chi connectivity index (χ4n) is 0.967. The van der Waals surface area contributed by atoms with Gasteiger partial charge in [-0.3, -0.25) is 9.97 Å². The molecule has 19 heavy (non-hydrogen) atoms. The molecule has 0 spiro atoms. The smallest absolute Gasteiger partial charge is 0.545 e. The van der Waals surface area contributed by atoms with Crippen molar-refractivity contribution in [2.24, 2.45) is 0 Å². The van der Waals surface area contributed by atoms with Crippen molar-refractivity contribution in [1.82, 2.24) is 9.97 Å². The quantitative estimate of drug-likeness (QED) is 0.622. The van der Waals surface area contributed by atoms with Gasteiger partial charge in [0, 0.05) is 35.9 Å². The molecule has 0 saturated carbocycles. The molecule has 7 heteroatoms. The van der Waals surface area contributed by atoms with E-state index >= 15 is 0 Å². The van der Waals surface area contributed by atoms with Crippen LogP contribution < -0.4 is 10.2 Å². The van der Waals surface area contributed by atoms with Crippen LogP contribution in [0.25, 0.3) is 0 Å². The van der Waals surface area contributed by atoms with Crippen LogP contribution in [-0.4, -0.2) is 59.6 Å². The van der Waals surface area contributed by atoms with Crippen LogP contribution in [0.2, 0.25) is 0 Å². The number of carboxylic acid groups (broad SMARTS) is 2. The Morgan fingerprint density at radius 1 is 0.842 bits per heavy atom. The van der Waals surface area contributed by atoms with E-state index in [1.54, 1.807) is 12.1 Å². The van der Waals surface area contributed by atoms with Gasteiger partial charge in [-0.25, -0.2) is 0 Å². The maximum absolute atomic E-state index is 10.0. The first kappa shape index (κ1) is 17.5. The molecule has 2 aromatic heterocycles. The van der Waals surface area contributed by atoms with E-state index in [-0.39, 0.29) is 48.9 Å². The summed E-state index contributed by atoms with van der Waals surface area (Å²) < 4.78 is 0. The molecule has 0 amide bonds. The Balaban J connectivity index is 0.000000324. The number of carbonyl (C=O) groups is 2. The number of aromatic carboxylic acids is 2. The molecule has 0 aromatic carbocycles. The summed E-state index contributed by atoms with van der Waals surface area (Å²) in [5.41, 5.74) is 0.218. The summed E-state index contributed by atoms with van der Waals surface area (Å²) in [6.07, 6.45) is 5.50. The van der Waals surface area contributed by atoms with Crippen LogP contribution in [0, 0.1) is 0 Å². The number of carboxylic acids is 2. The number of hydrogen-bond acceptors (Lipinski definition) is 6. The van der Waals surface area contributed by atoms with Gasteiger partial charge in [0.15, 0.2) is 0 Å². The molecule has 0 atom stereocenters. The molecule has 2 heterocycles. The van der Waals surface area contributed by atoms with Gasteiger partial charge in [0.2, 0.25) is 0 Å². The number of carbonyl (C=O) groups excluding carboxylic acids is 2. The third-order valence-corrected chi connectivity index (χ3v) is 1.79. The monoisotopic (exact) mass is 284 g/mol. The van der Waals surface area contributed by atoms with E-state index in [1.807, 2.05) is 0 Å². The molecule has 0 aliphatic heterocycles. The average molecular weight is 284 g/mol. The van der Waals surface area contributed by atoms with E-state index in [0.29, 0.717) is 0 Å². The fraction of sp³-hybridized carbons (Fsp3) is 0. The molecular formula is C12H8CaN2O4. The average Bonchev–Trinajstić information content (AvgIpc) is 2.41. The van der Waals surface area contributed by atoms with E-state index < -0.39 is 11.9 Å². The number of nitrogens with zero attached hydrogens (tertiary/aromatic N) is 2. The Labute approximate surface area is 139 Å². The second-order valence-electron chi connectivity index (χ2n) is 3.06. The fourth-order valence-corrected chi connectivity index (χ4v) is 0.967. The van der Waals surface area contributed by atoms with E-state index in [2.05, 4.69) is 9.97 Å². The summed E-state index contributed by atoms with van der Waals surface area (Å²) in [5, 5.41) is 20.1. The zero-order chi connectivity index (χ0) is 13.4. The molecule has 0 aliphatic carbocycles. The molecule has 0 radical (unpaired) electrons. The van der Waals surface area contributed by atoms with Crippen molar-refractivity contribution in [3.8, 4) is 0 Å². The molecule has 2 aromatic rings. The molecule has 92 valence electrons. The molecule has 0 saturated heterocycles. The minimum atomic E-state index is -1.19. The topological polar surface area (TPSA) is 106 Å². The zero-order valence-corrected chi connectivity index (χ0v) is 12.1. The number of rotatable bonds is 2. The Morgan fingerprint density at radius 2 is 1.21 bits per heavy atom. The van der Waals surface area contributed by atoms with Gasteiger partial charge in [-0.2, -0.15) is 0 Å². The summed E-state index contributed by atoms with van der Waals surface area (Å²) >= 11 is 0. The normalized spacial score (nSPS) is 8.42. The second-order valence-corrected chi connectivity index (χ2v) is 3.06. The van der Waals surface area contributed by atoms with E-state index in [9.17, 15) is 19.8 Å². The van der Waals surface area contributed by atoms with Gasteiger partial charge in [-0.15, -0.1) is 0 Å². The summed E-state index contributed by atoms with van der Waals surface area (Å²) in [5.74, 6) is -2.38. The molecule has 0 unspecified atom stereocenters. The molecule has 0 fully saturated rings. The van der Waals surface area contributed by atoms with Crippen LogP contribution in [0.15, 0.2) is 49.1 Å². The Kier molecular flexibility index (Phi) is 8.69. The Hall–Kier alpha value is -1.50. The maximum atomic E-state index is 10.0. The standard InChI is InChI=1S/2C6H5NO2.Ca/c2*8-6(9)5-2-1-3-7-4-5;/h2*1-4H,(H,8,9);/q;;+2/p-2. The molecular weight excluding hydrogens is 276 g/mol.